The van der Waals surface area contributed by atoms with Crippen LogP contribution in [0.15, 0.2) is 48.5 Å². The van der Waals surface area contributed by atoms with E-state index in [4.69, 9.17) is 4.74 Å². The number of aromatic carboxylic acids is 1. The molecule has 2 aromatic carbocycles. The van der Waals surface area contributed by atoms with Gasteiger partial charge in [-0.2, -0.15) is 0 Å². The Morgan fingerprint density at radius 3 is 2.60 bits per heavy atom. The second-order valence-electron chi connectivity index (χ2n) is 5.33. The highest BCUT2D eigenvalue weighted by Gasteiger charge is 2.19. The maximum Gasteiger partial charge on any atom is 0.347 e. The Balaban J connectivity index is 1.91. The average molecular weight is 357 g/mol. The van der Waals surface area contributed by atoms with Gasteiger partial charge in [-0.05, 0) is 24.6 Å². The third-order valence-corrected chi connectivity index (χ3v) is 4.80. The molecule has 0 amide bonds. The van der Waals surface area contributed by atoms with Crippen LogP contribution in [-0.4, -0.2) is 16.1 Å². The van der Waals surface area contributed by atoms with Crippen LogP contribution in [0, 0.1) is 5.82 Å². The van der Waals surface area contributed by atoms with E-state index in [9.17, 15) is 14.3 Å². The molecular weight excluding hydrogens is 341 g/mol. The number of ether oxygens (including phenoxy) is 1. The van der Waals surface area contributed by atoms with Gasteiger partial charge in [0.25, 0.3) is 0 Å². The number of aromatic nitrogens is 1. The number of hydrogen-bond acceptors (Lipinski definition) is 4. The van der Waals surface area contributed by atoms with Crippen molar-refractivity contribution in [2.24, 2.45) is 0 Å². The van der Waals surface area contributed by atoms with Gasteiger partial charge < -0.3 is 9.84 Å². The van der Waals surface area contributed by atoms with Crippen LogP contribution in [0.4, 0.5) is 4.39 Å². The lowest BCUT2D eigenvalue weighted by atomic mass is 10.2. The summed E-state index contributed by atoms with van der Waals surface area (Å²) < 4.78 is 19.5. The van der Waals surface area contributed by atoms with E-state index in [1.807, 2.05) is 25.1 Å². The lowest BCUT2D eigenvalue weighted by Crippen LogP contribution is -1.99. The van der Waals surface area contributed by atoms with Gasteiger partial charge in [0.2, 0.25) is 0 Å². The van der Waals surface area contributed by atoms with Gasteiger partial charge in [-0.15, -0.1) is 11.3 Å². The zero-order valence-corrected chi connectivity index (χ0v) is 14.3. The molecule has 1 aromatic heterocycles. The number of carboxylic acids is 1. The Morgan fingerprint density at radius 1 is 1.20 bits per heavy atom. The first-order valence-electron chi connectivity index (χ1n) is 7.78. The minimum Gasteiger partial charge on any atom is -0.488 e. The van der Waals surface area contributed by atoms with E-state index >= 15 is 0 Å². The number of thiazole rings is 1. The zero-order chi connectivity index (χ0) is 17.8. The van der Waals surface area contributed by atoms with E-state index in [0.717, 1.165) is 11.3 Å². The molecule has 0 aliphatic carbocycles. The van der Waals surface area contributed by atoms with Crippen molar-refractivity contribution in [3.05, 3.63) is 70.5 Å². The minimum absolute atomic E-state index is 0.0848. The van der Waals surface area contributed by atoms with Crippen LogP contribution in [-0.2, 0) is 13.0 Å². The van der Waals surface area contributed by atoms with Crippen LogP contribution in [0.25, 0.3) is 10.6 Å². The fourth-order valence-corrected chi connectivity index (χ4v) is 3.44. The number of carbonyl (C=O) groups is 1. The van der Waals surface area contributed by atoms with Crippen molar-refractivity contribution in [2.75, 3.05) is 0 Å². The van der Waals surface area contributed by atoms with Crippen molar-refractivity contribution in [1.29, 1.82) is 0 Å². The van der Waals surface area contributed by atoms with E-state index in [0.29, 0.717) is 34.0 Å². The van der Waals surface area contributed by atoms with E-state index in [2.05, 4.69) is 4.98 Å². The molecule has 3 rings (SSSR count). The first kappa shape index (κ1) is 17.1. The SMILES string of the molecule is CCc1nc(-c2ccccc2OCc2ccccc2F)sc1C(=O)O. The molecule has 0 atom stereocenters. The number of carboxylic acid groups (broad SMARTS) is 1. The van der Waals surface area contributed by atoms with Gasteiger partial charge in [-0.3, -0.25) is 0 Å². The van der Waals surface area contributed by atoms with Crippen molar-refractivity contribution in [2.45, 2.75) is 20.0 Å². The van der Waals surface area contributed by atoms with Crippen LogP contribution in [0.2, 0.25) is 0 Å². The van der Waals surface area contributed by atoms with Crippen molar-refractivity contribution in [1.82, 2.24) is 4.98 Å². The van der Waals surface area contributed by atoms with E-state index in [1.165, 1.54) is 6.07 Å². The number of rotatable bonds is 6. The molecule has 0 spiro atoms. The maximum absolute atomic E-state index is 13.8. The summed E-state index contributed by atoms with van der Waals surface area (Å²) in [5.74, 6) is -0.764. The second kappa shape index (κ2) is 7.44. The van der Waals surface area contributed by atoms with Crippen molar-refractivity contribution in [3.8, 4) is 16.3 Å². The van der Waals surface area contributed by atoms with Gasteiger partial charge >= 0.3 is 5.97 Å². The number of para-hydroxylation sites is 1. The van der Waals surface area contributed by atoms with Crippen molar-refractivity contribution < 1.29 is 19.0 Å². The molecule has 0 aliphatic heterocycles. The summed E-state index contributed by atoms with van der Waals surface area (Å²) in [6.07, 6.45) is 0.538. The normalized spacial score (nSPS) is 10.6. The van der Waals surface area contributed by atoms with Gasteiger partial charge in [0.1, 0.15) is 28.1 Å². The van der Waals surface area contributed by atoms with E-state index in [-0.39, 0.29) is 17.3 Å². The highest BCUT2D eigenvalue weighted by Crippen LogP contribution is 2.35. The van der Waals surface area contributed by atoms with E-state index in [1.54, 1.807) is 24.3 Å². The Kier molecular flexibility index (Phi) is 5.09. The maximum atomic E-state index is 13.8. The van der Waals surface area contributed by atoms with Crippen molar-refractivity contribution in [3.63, 3.8) is 0 Å². The number of halogens is 1. The molecule has 0 saturated heterocycles. The highest BCUT2D eigenvalue weighted by molar-refractivity contribution is 7.17. The first-order valence-corrected chi connectivity index (χ1v) is 8.60. The minimum atomic E-state index is -0.981. The predicted octanol–water partition coefficient (Wildman–Crippen LogP) is 4.79. The monoisotopic (exact) mass is 357 g/mol. The highest BCUT2D eigenvalue weighted by atomic mass is 32.1. The molecule has 4 nitrogen and oxygen atoms in total. The molecular formula is C19H16FNO3S. The van der Waals surface area contributed by atoms with Gasteiger partial charge in [-0.1, -0.05) is 37.3 Å². The lowest BCUT2D eigenvalue weighted by molar-refractivity contribution is 0.0701. The zero-order valence-electron chi connectivity index (χ0n) is 13.5. The molecule has 25 heavy (non-hydrogen) atoms. The number of hydrogen-bond donors (Lipinski definition) is 1. The van der Waals surface area contributed by atoms with Gasteiger partial charge in [0, 0.05) is 5.56 Å². The molecule has 0 saturated carbocycles. The summed E-state index contributed by atoms with van der Waals surface area (Å²) >= 11 is 1.12. The predicted molar refractivity (Wildman–Crippen MR) is 94.6 cm³/mol. The molecule has 1 heterocycles. The summed E-state index contributed by atoms with van der Waals surface area (Å²) in [6.45, 7) is 1.95. The van der Waals surface area contributed by atoms with E-state index < -0.39 is 5.97 Å². The molecule has 6 heteroatoms. The fourth-order valence-electron chi connectivity index (χ4n) is 2.41. The largest absolute Gasteiger partial charge is 0.488 e. The summed E-state index contributed by atoms with van der Waals surface area (Å²) in [5, 5.41) is 9.89. The van der Waals surface area contributed by atoms with Gasteiger partial charge in [0.05, 0.1) is 11.3 Å². The topological polar surface area (TPSA) is 59.4 Å². The third kappa shape index (κ3) is 3.69. The van der Waals surface area contributed by atoms with Crippen LogP contribution in [0.3, 0.4) is 0 Å². The lowest BCUT2D eigenvalue weighted by Gasteiger charge is -2.10. The number of aryl methyl sites for hydroxylation is 1. The molecule has 1 N–H and O–H groups in total. The fraction of sp³-hybridized carbons (Fsp3) is 0.158. The Morgan fingerprint density at radius 2 is 1.92 bits per heavy atom. The first-order chi connectivity index (χ1) is 12.1. The molecule has 0 radical (unpaired) electrons. The molecule has 0 aliphatic rings. The number of nitrogens with zero attached hydrogens (tertiary/aromatic N) is 1. The number of benzene rings is 2. The molecule has 0 fully saturated rings. The standard InChI is InChI=1S/C19H16FNO3S/c1-2-15-17(19(22)23)25-18(21-15)13-8-4-6-10-16(13)24-11-12-7-3-5-9-14(12)20/h3-10H,2,11H2,1H3,(H,22,23). The summed E-state index contributed by atoms with van der Waals surface area (Å²) in [5.41, 5.74) is 1.71. The Hall–Kier alpha value is -2.73. The summed E-state index contributed by atoms with van der Waals surface area (Å²) in [6, 6.07) is 13.7. The average Bonchev–Trinajstić information content (AvgIpc) is 3.06. The van der Waals surface area contributed by atoms with Crippen molar-refractivity contribution >= 4 is 17.3 Å². The molecule has 0 unspecified atom stereocenters. The summed E-state index contributed by atoms with van der Waals surface area (Å²) in [4.78, 5) is 16.0. The van der Waals surface area contributed by atoms with Crippen LogP contribution in [0.1, 0.15) is 27.9 Å². The third-order valence-electron chi connectivity index (χ3n) is 3.68. The smallest absolute Gasteiger partial charge is 0.347 e. The Bertz CT molecular complexity index is 907. The molecule has 128 valence electrons. The Labute approximate surface area is 148 Å². The van der Waals surface area contributed by atoms with Gasteiger partial charge in [-0.25, -0.2) is 14.2 Å². The van der Waals surface area contributed by atoms with Crippen LogP contribution < -0.4 is 4.74 Å². The van der Waals surface area contributed by atoms with Crippen LogP contribution >= 0.6 is 11.3 Å². The summed E-state index contributed by atoms with van der Waals surface area (Å²) in [7, 11) is 0. The van der Waals surface area contributed by atoms with Gasteiger partial charge in [0.15, 0.2) is 0 Å². The quantitative estimate of drug-likeness (QED) is 0.689. The second-order valence-corrected chi connectivity index (χ2v) is 6.33. The molecule has 0 bridgehead atoms. The van der Waals surface area contributed by atoms with Crippen LogP contribution in [0.5, 0.6) is 5.75 Å². The molecule has 3 aromatic rings.